The summed E-state index contributed by atoms with van der Waals surface area (Å²) in [5.74, 6) is -5.17. The first-order valence-electron chi connectivity index (χ1n) is 26.8. The number of benzene rings is 6. The molecule has 0 aliphatic rings. The van der Waals surface area contributed by atoms with Gasteiger partial charge in [0.2, 0.25) is 22.9 Å². The number of aryl methyl sites for hydroxylation is 2. The summed E-state index contributed by atoms with van der Waals surface area (Å²) in [6, 6.07) is 33.4. The van der Waals surface area contributed by atoms with Crippen molar-refractivity contribution < 1.29 is 56.1 Å². The molecule has 7 aromatic rings. The molecule has 0 spiro atoms. The Hall–Kier alpha value is -7.75. The standard InChI is InChI=1S/C32H35F2N5O3S.C30H33F3N2O4/c1-2-21-9-6-10-23(13-21)19-39(20-28(40)27(35)16-24-14-25(33)18-26(34)15-24)31(42)12-11-29(41)36-32-38-37-30(43-32)17-22-7-4-3-5-8-22;1-3-19-5-4-6-20(11-19)17-35(18-28(37)26(34)14-21-12-23(31)16-24(32)13-21)30(38)10-8-27(36)22-7-9-29(39-2)25(33)15-22/h3-10,13-15,18,27-28,40H,2,11-12,16-17,19-20,35H2,1H3,(H,36,38,41);4-7,9,11-13,15-16,26,28,37H,3,8,10,14,17-18,34H2,1-2H3/t27-,28+;26-,28+/m00/s1. The predicted molar refractivity (Wildman–Crippen MR) is 304 cm³/mol. The molecule has 1 aromatic heterocycles. The number of anilines is 1. The molecule has 7 N–H and O–H groups in total. The van der Waals surface area contributed by atoms with Crippen LogP contribution >= 0.6 is 11.3 Å². The minimum Gasteiger partial charge on any atom is -0.494 e. The summed E-state index contributed by atoms with van der Waals surface area (Å²) in [7, 11) is 1.32. The minimum absolute atomic E-state index is 0.00872. The number of ether oxygens (including phenoxy) is 1. The monoisotopic (exact) mass is 1150 g/mol. The van der Waals surface area contributed by atoms with Crippen LogP contribution in [0, 0.1) is 29.1 Å². The van der Waals surface area contributed by atoms with Crippen molar-refractivity contribution in [3.05, 3.63) is 212 Å². The molecule has 0 fully saturated rings. The molecule has 0 radical (unpaired) electrons. The van der Waals surface area contributed by atoms with Gasteiger partial charge >= 0.3 is 0 Å². The van der Waals surface area contributed by atoms with Crippen LogP contribution in [0.2, 0.25) is 0 Å². The lowest BCUT2D eigenvalue weighted by Crippen LogP contribution is -2.46. The number of aliphatic hydroxyl groups is 2. The maximum absolute atomic E-state index is 14.0. The Balaban J connectivity index is 0.000000265. The first kappa shape index (κ1) is 63.4. The number of nitrogens with zero attached hydrogens (tertiary/aromatic N) is 4. The molecule has 14 nitrogen and oxygen atoms in total. The minimum atomic E-state index is -1.21. The van der Waals surface area contributed by atoms with E-state index in [0.29, 0.717) is 17.1 Å². The molecule has 0 saturated heterocycles. The van der Waals surface area contributed by atoms with Gasteiger partial charge in [-0.25, -0.2) is 22.0 Å². The topological polar surface area (TPSA) is 214 Å². The van der Waals surface area contributed by atoms with E-state index in [9.17, 15) is 51.3 Å². The van der Waals surface area contributed by atoms with Gasteiger partial charge in [-0.2, -0.15) is 0 Å². The number of hydrogen-bond donors (Lipinski definition) is 5. The third-order valence-electron chi connectivity index (χ3n) is 13.4. The summed E-state index contributed by atoms with van der Waals surface area (Å²) in [6.45, 7) is 4.13. The van der Waals surface area contributed by atoms with E-state index in [2.05, 4.69) is 15.5 Å². The third kappa shape index (κ3) is 20.4. The van der Waals surface area contributed by atoms with Gasteiger partial charge in [0, 0.05) is 88.1 Å². The fraction of sp³-hybridized carbons (Fsp3) is 0.323. The fourth-order valence-corrected chi connectivity index (χ4v) is 9.70. The number of amides is 3. The number of aliphatic hydroxyl groups excluding tert-OH is 2. The fourth-order valence-electron chi connectivity index (χ4n) is 8.91. The lowest BCUT2D eigenvalue weighted by molar-refractivity contribution is -0.135. The molecule has 0 aliphatic carbocycles. The maximum atomic E-state index is 14.0. The number of ketones is 1. The Morgan fingerprint density at radius 3 is 1.52 bits per heavy atom. The van der Waals surface area contributed by atoms with E-state index in [1.165, 1.54) is 40.4 Å². The van der Waals surface area contributed by atoms with Crippen LogP contribution in [0.5, 0.6) is 5.75 Å². The summed E-state index contributed by atoms with van der Waals surface area (Å²) < 4.78 is 73.3. The third-order valence-corrected chi connectivity index (χ3v) is 14.2. The van der Waals surface area contributed by atoms with Crippen molar-refractivity contribution in [2.24, 2.45) is 11.5 Å². The van der Waals surface area contributed by atoms with E-state index in [-0.39, 0.29) is 93.4 Å². The van der Waals surface area contributed by atoms with E-state index in [4.69, 9.17) is 16.2 Å². The quantitative estimate of drug-likeness (QED) is 0.0242. The normalized spacial score (nSPS) is 12.5. The number of carbonyl (C=O) groups excluding carboxylic acids is 4. The molecule has 0 unspecified atom stereocenters. The SMILES string of the molecule is CCc1cccc(CN(C[C@@H](O)[C@@H](N)Cc2cc(F)cc(F)c2)C(=O)CCC(=O)Nc2nnc(Cc3ccccc3)s2)c1.CCc1cccc(CN(C[C@@H](O)[C@@H](N)Cc2cc(F)cc(F)c2)C(=O)CCC(=O)c2ccc(OC)c(F)c2)c1. The average molecular weight is 1150 g/mol. The van der Waals surface area contributed by atoms with Gasteiger partial charge in [-0.1, -0.05) is 104 Å². The Morgan fingerprint density at radius 2 is 1.05 bits per heavy atom. The van der Waals surface area contributed by atoms with Crippen LogP contribution in [0.3, 0.4) is 0 Å². The van der Waals surface area contributed by atoms with Crippen LogP contribution in [-0.2, 0) is 59.6 Å². The molecule has 0 saturated carbocycles. The Morgan fingerprint density at radius 1 is 0.573 bits per heavy atom. The van der Waals surface area contributed by atoms with Crippen LogP contribution in [0.15, 0.2) is 133 Å². The second kappa shape index (κ2) is 31.5. The highest BCUT2D eigenvalue weighted by atomic mass is 32.1. The van der Waals surface area contributed by atoms with Crippen molar-refractivity contribution in [3.63, 3.8) is 0 Å². The highest BCUT2D eigenvalue weighted by molar-refractivity contribution is 7.15. The van der Waals surface area contributed by atoms with Crippen LogP contribution in [0.4, 0.5) is 27.1 Å². The van der Waals surface area contributed by atoms with E-state index in [1.54, 1.807) is 0 Å². The number of Topliss-reactive ketones (excluding diaryl/α,β-unsaturated/α-hetero) is 1. The molecular formula is C62H68F5N7O7S. The highest BCUT2D eigenvalue weighted by Crippen LogP contribution is 2.23. The second-order valence-corrected chi connectivity index (χ2v) is 20.9. The predicted octanol–water partition coefficient (Wildman–Crippen LogP) is 9.25. The first-order valence-corrected chi connectivity index (χ1v) is 27.6. The molecule has 1 heterocycles. The van der Waals surface area contributed by atoms with Crippen molar-refractivity contribution in [1.82, 2.24) is 20.0 Å². The summed E-state index contributed by atoms with van der Waals surface area (Å²) >= 11 is 1.27. The largest absolute Gasteiger partial charge is 0.494 e. The zero-order valence-electron chi connectivity index (χ0n) is 45.9. The van der Waals surface area contributed by atoms with Gasteiger partial charge < -0.3 is 41.5 Å². The van der Waals surface area contributed by atoms with Gasteiger partial charge in [0.25, 0.3) is 0 Å². The van der Waals surface area contributed by atoms with Crippen molar-refractivity contribution in [1.29, 1.82) is 0 Å². The van der Waals surface area contributed by atoms with Crippen molar-refractivity contribution in [2.45, 2.75) is 109 Å². The van der Waals surface area contributed by atoms with Gasteiger partial charge in [-0.15, -0.1) is 10.2 Å². The summed E-state index contributed by atoms with van der Waals surface area (Å²) in [6.07, 6.45) is -0.703. The van der Waals surface area contributed by atoms with Gasteiger partial charge in [0.1, 0.15) is 28.3 Å². The van der Waals surface area contributed by atoms with Gasteiger partial charge in [-0.05, 0) is 107 Å². The van der Waals surface area contributed by atoms with Crippen molar-refractivity contribution in [2.75, 3.05) is 25.5 Å². The number of rotatable bonds is 27. The number of halogens is 5. The van der Waals surface area contributed by atoms with E-state index in [1.807, 2.05) is 92.7 Å². The zero-order valence-corrected chi connectivity index (χ0v) is 46.7. The number of aromatic nitrogens is 2. The van der Waals surface area contributed by atoms with Crippen molar-refractivity contribution in [3.8, 4) is 5.75 Å². The molecule has 82 heavy (non-hydrogen) atoms. The Kier molecular flexibility index (Phi) is 24.3. The van der Waals surface area contributed by atoms with Gasteiger partial charge in [0.05, 0.1) is 19.3 Å². The van der Waals surface area contributed by atoms with Gasteiger partial charge in [0.15, 0.2) is 17.3 Å². The number of carbonyl (C=O) groups is 4. The molecule has 0 bridgehead atoms. The summed E-state index contributed by atoms with van der Waals surface area (Å²) in [5, 5.41) is 33.7. The Bertz CT molecular complexity index is 3200. The Labute approximate surface area is 478 Å². The summed E-state index contributed by atoms with van der Waals surface area (Å²) in [4.78, 5) is 54.8. The summed E-state index contributed by atoms with van der Waals surface area (Å²) in [5.41, 5.74) is 18.0. The first-order chi connectivity index (χ1) is 39.3. The zero-order chi connectivity index (χ0) is 59.3. The van der Waals surface area contributed by atoms with Crippen LogP contribution in [0.1, 0.15) is 93.8 Å². The smallest absolute Gasteiger partial charge is 0.226 e. The molecule has 6 aromatic carbocycles. The lowest BCUT2D eigenvalue weighted by Gasteiger charge is -2.28. The number of hydrogen-bond acceptors (Lipinski definition) is 12. The second-order valence-electron chi connectivity index (χ2n) is 19.8. The van der Waals surface area contributed by atoms with Crippen LogP contribution in [0.25, 0.3) is 0 Å². The molecule has 434 valence electrons. The molecule has 20 heteroatoms. The van der Waals surface area contributed by atoms with E-state index in [0.717, 1.165) is 88.1 Å². The molecule has 3 amide bonds. The number of methoxy groups -OCH3 is 1. The number of nitrogens with one attached hydrogen (secondary N) is 1. The van der Waals surface area contributed by atoms with E-state index >= 15 is 0 Å². The van der Waals surface area contributed by atoms with Crippen LogP contribution in [-0.4, -0.2) is 98.2 Å². The molecular weight excluding hydrogens is 1080 g/mol. The molecule has 4 atom stereocenters. The average Bonchev–Trinajstić information content (AvgIpc) is 3.94. The molecule has 7 rings (SSSR count). The van der Waals surface area contributed by atoms with E-state index < -0.39 is 65.1 Å². The van der Waals surface area contributed by atoms with Crippen LogP contribution < -0.4 is 21.5 Å². The lowest BCUT2D eigenvalue weighted by atomic mass is 10.0. The van der Waals surface area contributed by atoms with Crippen molar-refractivity contribution >= 4 is 40.0 Å². The maximum Gasteiger partial charge on any atom is 0.226 e. The molecule has 0 aliphatic heterocycles. The number of nitrogens with two attached hydrogens (primary N) is 2. The van der Waals surface area contributed by atoms with Gasteiger partial charge in [-0.3, -0.25) is 19.2 Å². The highest BCUT2D eigenvalue weighted by Gasteiger charge is 2.26.